The largest absolute Gasteiger partial charge is 0.480 e. The number of rotatable bonds is 9. The zero-order chi connectivity index (χ0) is 14.0. The maximum atomic E-state index is 11.4. The van der Waals surface area contributed by atoms with Crippen molar-refractivity contribution in [2.24, 2.45) is 0 Å². The maximum absolute atomic E-state index is 11.4. The number of ether oxygens (including phenoxy) is 1. The third-order valence-corrected chi connectivity index (χ3v) is 2.07. The van der Waals surface area contributed by atoms with Gasteiger partial charge in [-0.25, -0.2) is 4.79 Å². The quantitative estimate of drug-likeness (QED) is 0.286. The highest BCUT2D eigenvalue weighted by Crippen LogP contribution is 1.99. The highest BCUT2D eigenvalue weighted by Gasteiger charge is 2.20. The van der Waals surface area contributed by atoms with Gasteiger partial charge in [-0.3, -0.25) is 9.59 Å². The molecule has 3 N–H and O–H groups in total. The fraction of sp³-hybridized carbons (Fsp3) is 0.545. The number of esters is 1. The van der Waals surface area contributed by atoms with Crippen LogP contribution in [0.4, 0.5) is 0 Å². The van der Waals surface area contributed by atoms with Crippen LogP contribution in [0.5, 0.6) is 0 Å². The van der Waals surface area contributed by atoms with Crippen molar-refractivity contribution in [1.29, 1.82) is 0 Å². The number of carbonyl (C=O) groups is 3. The Morgan fingerprint density at radius 2 is 2.11 bits per heavy atom. The first kappa shape index (κ1) is 16.1. The molecule has 7 nitrogen and oxygen atoms in total. The van der Waals surface area contributed by atoms with Crippen LogP contribution in [0.2, 0.25) is 0 Å². The summed E-state index contributed by atoms with van der Waals surface area (Å²) in [4.78, 5) is 33.1. The van der Waals surface area contributed by atoms with Crippen LogP contribution in [0.1, 0.15) is 12.8 Å². The van der Waals surface area contributed by atoms with Crippen molar-refractivity contribution in [3.05, 3.63) is 12.7 Å². The van der Waals surface area contributed by atoms with Gasteiger partial charge in [0.15, 0.2) is 0 Å². The van der Waals surface area contributed by atoms with Crippen molar-refractivity contribution >= 4 is 17.8 Å². The second-order valence-electron chi connectivity index (χ2n) is 3.49. The zero-order valence-corrected chi connectivity index (χ0v) is 10.3. The molecule has 0 aliphatic carbocycles. The highest BCUT2D eigenvalue weighted by atomic mass is 16.5. The minimum Gasteiger partial charge on any atom is -0.480 e. The van der Waals surface area contributed by atoms with Gasteiger partial charge < -0.3 is 20.5 Å². The van der Waals surface area contributed by atoms with E-state index in [2.05, 4.69) is 21.9 Å². The molecule has 0 aliphatic rings. The van der Waals surface area contributed by atoms with E-state index in [0.29, 0.717) is 6.54 Å². The van der Waals surface area contributed by atoms with Crippen LogP contribution in [0.25, 0.3) is 0 Å². The van der Waals surface area contributed by atoms with Crippen LogP contribution >= 0.6 is 0 Å². The molecule has 0 saturated carbocycles. The molecule has 0 spiro atoms. The second kappa shape index (κ2) is 9.17. The summed E-state index contributed by atoms with van der Waals surface area (Å²) in [5.74, 6) is -2.15. The summed E-state index contributed by atoms with van der Waals surface area (Å²) < 4.78 is 4.40. The normalized spacial score (nSPS) is 11.4. The molecule has 0 aromatic heterocycles. The molecule has 1 amide bonds. The number of nitrogens with one attached hydrogen (secondary N) is 2. The molecule has 1 unspecified atom stereocenters. The van der Waals surface area contributed by atoms with E-state index < -0.39 is 23.9 Å². The Morgan fingerprint density at radius 1 is 1.44 bits per heavy atom. The number of amides is 1. The van der Waals surface area contributed by atoms with E-state index >= 15 is 0 Å². The zero-order valence-electron chi connectivity index (χ0n) is 10.3. The molecular weight excluding hydrogens is 240 g/mol. The van der Waals surface area contributed by atoms with Gasteiger partial charge in [0.25, 0.3) is 0 Å². The maximum Gasteiger partial charge on any atom is 0.326 e. The fourth-order valence-corrected chi connectivity index (χ4v) is 1.15. The average Bonchev–Trinajstić information content (AvgIpc) is 2.33. The Morgan fingerprint density at radius 3 is 2.61 bits per heavy atom. The van der Waals surface area contributed by atoms with Gasteiger partial charge in [-0.2, -0.15) is 0 Å². The monoisotopic (exact) mass is 258 g/mol. The topological polar surface area (TPSA) is 105 Å². The lowest BCUT2D eigenvalue weighted by molar-refractivity contribution is -0.144. The van der Waals surface area contributed by atoms with E-state index in [1.807, 2.05) is 0 Å². The van der Waals surface area contributed by atoms with Crippen LogP contribution in [0, 0.1) is 0 Å². The summed E-state index contributed by atoms with van der Waals surface area (Å²) in [6.45, 7) is 3.91. The third-order valence-electron chi connectivity index (χ3n) is 2.07. The molecule has 0 saturated heterocycles. The van der Waals surface area contributed by atoms with E-state index in [4.69, 9.17) is 5.11 Å². The molecule has 0 radical (unpaired) electrons. The number of hydrogen-bond acceptors (Lipinski definition) is 5. The molecule has 102 valence electrons. The molecule has 0 aromatic carbocycles. The lowest BCUT2D eigenvalue weighted by Gasteiger charge is -2.13. The van der Waals surface area contributed by atoms with Gasteiger partial charge in [-0.05, 0) is 6.42 Å². The van der Waals surface area contributed by atoms with Crippen molar-refractivity contribution in [1.82, 2.24) is 10.6 Å². The smallest absolute Gasteiger partial charge is 0.326 e. The molecule has 0 fully saturated rings. The van der Waals surface area contributed by atoms with Gasteiger partial charge in [0.1, 0.15) is 6.04 Å². The van der Waals surface area contributed by atoms with E-state index in [1.165, 1.54) is 7.11 Å². The Labute approximate surface area is 105 Å². The Bertz CT molecular complexity index is 317. The summed E-state index contributed by atoms with van der Waals surface area (Å²) >= 11 is 0. The minimum absolute atomic E-state index is 0.00476. The number of aliphatic carboxylic acids is 1. The molecule has 7 heteroatoms. The Hall–Kier alpha value is -1.89. The van der Waals surface area contributed by atoms with Crippen LogP contribution < -0.4 is 10.6 Å². The van der Waals surface area contributed by atoms with Crippen molar-refractivity contribution < 1.29 is 24.2 Å². The molecule has 0 bridgehead atoms. The van der Waals surface area contributed by atoms with Gasteiger partial charge >= 0.3 is 11.9 Å². The van der Waals surface area contributed by atoms with Gasteiger partial charge in [-0.15, -0.1) is 6.58 Å². The van der Waals surface area contributed by atoms with Gasteiger partial charge in [0.2, 0.25) is 5.91 Å². The van der Waals surface area contributed by atoms with E-state index in [9.17, 15) is 14.4 Å². The third kappa shape index (κ3) is 7.39. The number of carboxylic acids is 1. The van der Waals surface area contributed by atoms with Gasteiger partial charge in [0, 0.05) is 13.0 Å². The number of carboxylic acid groups (broad SMARTS) is 1. The van der Waals surface area contributed by atoms with Gasteiger partial charge in [-0.1, -0.05) is 6.08 Å². The van der Waals surface area contributed by atoms with E-state index in [0.717, 1.165) is 0 Å². The minimum atomic E-state index is -1.18. The first-order chi connectivity index (χ1) is 8.51. The Balaban J connectivity index is 4.10. The van der Waals surface area contributed by atoms with E-state index in [1.54, 1.807) is 6.08 Å². The van der Waals surface area contributed by atoms with Crippen molar-refractivity contribution in [2.45, 2.75) is 18.9 Å². The molecule has 18 heavy (non-hydrogen) atoms. The fourth-order valence-electron chi connectivity index (χ4n) is 1.15. The lowest BCUT2D eigenvalue weighted by Crippen LogP contribution is -2.44. The lowest BCUT2D eigenvalue weighted by atomic mass is 10.1. The summed E-state index contributed by atoms with van der Waals surface area (Å²) in [6, 6.07) is -1.10. The van der Waals surface area contributed by atoms with E-state index in [-0.39, 0.29) is 19.4 Å². The standard InChI is InChI=1S/C11H18N2O5/c1-3-6-12-7-9(14)13-8(11(16)17)4-5-10(15)18-2/h3,8,12H,1,4-7H2,2H3,(H,13,14)(H,16,17). The molecular formula is C11H18N2O5. The second-order valence-corrected chi connectivity index (χ2v) is 3.49. The molecule has 0 aliphatic heterocycles. The van der Waals surface area contributed by atoms with Gasteiger partial charge in [0.05, 0.1) is 13.7 Å². The first-order valence-electron chi connectivity index (χ1n) is 5.41. The number of methoxy groups -OCH3 is 1. The SMILES string of the molecule is C=CCNCC(=O)NC(CCC(=O)OC)C(=O)O. The van der Waals surface area contributed by atoms with Crippen LogP contribution in [-0.2, 0) is 19.1 Å². The number of carbonyl (C=O) groups excluding carboxylic acids is 2. The summed E-state index contributed by atoms with van der Waals surface area (Å²) in [5, 5.41) is 13.9. The molecule has 1 atom stereocenters. The number of hydrogen-bond donors (Lipinski definition) is 3. The van der Waals surface area contributed by atoms with Crippen LogP contribution in [0.15, 0.2) is 12.7 Å². The van der Waals surface area contributed by atoms with Crippen molar-refractivity contribution in [3.63, 3.8) is 0 Å². The summed E-state index contributed by atoms with van der Waals surface area (Å²) in [7, 11) is 1.22. The van der Waals surface area contributed by atoms with Crippen molar-refractivity contribution in [2.75, 3.05) is 20.2 Å². The average molecular weight is 258 g/mol. The molecule has 0 heterocycles. The summed E-state index contributed by atoms with van der Waals surface area (Å²) in [5.41, 5.74) is 0. The summed E-state index contributed by atoms with van der Waals surface area (Å²) in [6.07, 6.45) is 1.52. The predicted molar refractivity (Wildman–Crippen MR) is 63.9 cm³/mol. The predicted octanol–water partition coefficient (Wildman–Crippen LogP) is -0.715. The Kier molecular flexibility index (Phi) is 8.21. The van der Waals surface area contributed by atoms with Crippen LogP contribution in [-0.4, -0.2) is 49.2 Å². The highest BCUT2D eigenvalue weighted by molar-refractivity contribution is 5.85. The first-order valence-corrected chi connectivity index (χ1v) is 5.41. The van der Waals surface area contributed by atoms with Crippen LogP contribution in [0.3, 0.4) is 0 Å². The van der Waals surface area contributed by atoms with Crippen molar-refractivity contribution in [3.8, 4) is 0 Å². The molecule has 0 rings (SSSR count). The molecule has 0 aromatic rings.